The second kappa shape index (κ2) is 7.20. The van der Waals surface area contributed by atoms with E-state index in [0.29, 0.717) is 0 Å². The fraction of sp³-hybridized carbons (Fsp3) is 0.333. The van der Waals surface area contributed by atoms with Gasteiger partial charge in [-0.15, -0.1) is 0 Å². The van der Waals surface area contributed by atoms with Crippen LogP contribution in [0, 0.1) is 0 Å². The van der Waals surface area contributed by atoms with E-state index in [4.69, 9.17) is 0 Å². The van der Waals surface area contributed by atoms with E-state index in [1.807, 2.05) is 0 Å². The van der Waals surface area contributed by atoms with Crippen molar-refractivity contribution in [2.45, 2.75) is 0 Å². The fourth-order valence-electron chi connectivity index (χ4n) is 0.405. The van der Waals surface area contributed by atoms with Crippen LogP contribution >= 0.6 is 17.6 Å². The molecule has 0 N–H and O–H groups in total. The van der Waals surface area contributed by atoms with Gasteiger partial charge in [0.05, 0.1) is 17.6 Å². The van der Waals surface area contributed by atoms with E-state index in [9.17, 15) is 9.59 Å². The summed E-state index contributed by atoms with van der Waals surface area (Å²) in [6, 6.07) is 0. The standard InChI is InChI=1S/C6H10O4P2/c1-11-9-5(7)3-4-6(8)10-12-2/h3-4,11-12H,1-2H3/b4-3+. The van der Waals surface area contributed by atoms with Crippen LogP contribution in [0.15, 0.2) is 12.2 Å². The van der Waals surface area contributed by atoms with Gasteiger partial charge in [-0.3, -0.25) is 0 Å². The first-order valence-electron chi connectivity index (χ1n) is 3.14. The molecule has 0 saturated carbocycles. The number of hydrogen-bond donors (Lipinski definition) is 0. The highest BCUT2D eigenvalue weighted by molar-refractivity contribution is 7.32. The minimum atomic E-state index is -0.521. The molecule has 0 saturated heterocycles. The van der Waals surface area contributed by atoms with Crippen LogP contribution in [-0.4, -0.2) is 25.3 Å². The molecule has 2 unspecified atom stereocenters. The molecule has 0 amide bonds. The maximum absolute atomic E-state index is 10.6. The lowest BCUT2D eigenvalue weighted by Gasteiger charge is -1.95. The van der Waals surface area contributed by atoms with Crippen molar-refractivity contribution in [3.8, 4) is 0 Å². The van der Waals surface area contributed by atoms with Gasteiger partial charge in [0.1, 0.15) is 0 Å². The van der Waals surface area contributed by atoms with Crippen LogP contribution < -0.4 is 0 Å². The van der Waals surface area contributed by atoms with Gasteiger partial charge in [-0.2, -0.15) is 0 Å². The number of carbonyl (C=O) groups excluding carboxylic acids is 2. The van der Waals surface area contributed by atoms with Crippen LogP contribution in [0.3, 0.4) is 0 Å². The average molecular weight is 208 g/mol. The van der Waals surface area contributed by atoms with Crippen LogP contribution in [0.1, 0.15) is 0 Å². The van der Waals surface area contributed by atoms with Crippen LogP contribution in [0.2, 0.25) is 0 Å². The molecule has 0 aromatic rings. The van der Waals surface area contributed by atoms with Crippen molar-refractivity contribution in [3.05, 3.63) is 12.2 Å². The highest BCUT2D eigenvalue weighted by Gasteiger charge is 1.97. The Balaban J connectivity index is 3.73. The first-order chi connectivity index (χ1) is 5.70. The summed E-state index contributed by atoms with van der Waals surface area (Å²) >= 11 is 0. The van der Waals surface area contributed by atoms with Crippen molar-refractivity contribution >= 4 is 29.6 Å². The van der Waals surface area contributed by atoms with Crippen molar-refractivity contribution < 1.29 is 18.6 Å². The van der Waals surface area contributed by atoms with Crippen LogP contribution in [0.5, 0.6) is 0 Å². The van der Waals surface area contributed by atoms with Gasteiger partial charge < -0.3 is 9.05 Å². The molecule has 0 fully saturated rings. The number of carbonyl (C=O) groups is 2. The van der Waals surface area contributed by atoms with Gasteiger partial charge in [-0.05, 0) is 13.3 Å². The molecule has 2 atom stereocenters. The Morgan fingerprint density at radius 3 is 1.58 bits per heavy atom. The lowest BCUT2D eigenvalue weighted by atomic mass is 10.5. The predicted molar refractivity (Wildman–Crippen MR) is 49.8 cm³/mol. The average Bonchev–Trinajstić information content (AvgIpc) is 2.02. The van der Waals surface area contributed by atoms with E-state index in [2.05, 4.69) is 9.05 Å². The van der Waals surface area contributed by atoms with Crippen molar-refractivity contribution in [2.24, 2.45) is 0 Å². The molecule has 4 nitrogen and oxygen atoms in total. The minimum Gasteiger partial charge on any atom is -0.445 e. The molecule has 68 valence electrons. The maximum Gasteiger partial charge on any atom is 0.333 e. The molecule has 0 aliphatic carbocycles. The minimum absolute atomic E-state index is 0.0913. The lowest BCUT2D eigenvalue weighted by molar-refractivity contribution is -0.130. The summed E-state index contributed by atoms with van der Waals surface area (Å²) < 4.78 is 9.13. The number of rotatable bonds is 4. The molecular formula is C6H10O4P2. The summed E-state index contributed by atoms with van der Waals surface area (Å²) in [7, 11) is 0.183. The lowest BCUT2D eigenvalue weighted by Crippen LogP contribution is -1.96. The molecule has 0 aromatic carbocycles. The van der Waals surface area contributed by atoms with E-state index in [1.54, 1.807) is 13.3 Å². The predicted octanol–water partition coefficient (Wildman–Crippen LogP) is 1.08. The van der Waals surface area contributed by atoms with Crippen LogP contribution in [-0.2, 0) is 18.6 Å². The quantitative estimate of drug-likeness (QED) is 0.512. The Hall–Kier alpha value is -0.460. The molecule has 0 bridgehead atoms. The van der Waals surface area contributed by atoms with Gasteiger partial charge in [0.25, 0.3) is 0 Å². The molecule has 0 heterocycles. The zero-order valence-corrected chi connectivity index (χ0v) is 8.79. The zero-order valence-electron chi connectivity index (χ0n) is 6.79. The molecule has 0 rings (SSSR count). The molecule has 0 spiro atoms. The van der Waals surface area contributed by atoms with Crippen LogP contribution in [0.25, 0.3) is 0 Å². The normalized spacial score (nSPS) is 11.8. The summed E-state index contributed by atoms with van der Waals surface area (Å²) in [4.78, 5) is 21.3. The van der Waals surface area contributed by atoms with Gasteiger partial charge in [0.2, 0.25) is 0 Å². The van der Waals surface area contributed by atoms with E-state index in [0.717, 1.165) is 12.2 Å². The largest absolute Gasteiger partial charge is 0.445 e. The van der Waals surface area contributed by atoms with E-state index in [1.165, 1.54) is 0 Å². The molecule has 0 aliphatic rings. The van der Waals surface area contributed by atoms with Gasteiger partial charge in [0, 0.05) is 12.2 Å². The molecule has 6 heteroatoms. The highest BCUT2D eigenvalue weighted by Crippen LogP contribution is 2.06. The Morgan fingerprint density at radius 2 is 1.33 bits per heavy atom. The van der Waals surface area contributed by atoms with Gasteiger partial charge in [-0.25, -0.2) is 9.59 Å². The smallest absolute Gasteiger partial charge is 0.333 e. The maximum atomic E-state index is 10.6. The van der Waals surface area contributed by atoms with Crippen molar-refractivity contribution in [1.82, 2.24) is 0 Å². The van der Waals surface area contributed by atoms with E-state index >= 15 is 0 Å². The summed E-state index contributed by atoms with van der Waals surface area (Å²) in [5.41, 5.74) is 0. The Morgan fingerprint density at radius 1 is 1.00 bits per heavy atom. The Bertz CT molecular complexity index is 170. The van der Waals surface area contributed by atoms with E-state index < -0.39 is 11.9 Å². The van der Waals surface area contributed by atoms with Crippen molar-refractivity contribution in [1.29, 1.82) is 0 Å². The molecule has 0 aromatic heterocycles. The number of hydrogen-bond acceptors (Lipinski definition) is 4. The first kappa shape index (κ1) is 11.5. The molecule has 0 aliphatic heterocycles. The van der Waals surface area contributed by atoms with Gasteiger partial charge in [0.15, 0.2) is 0 Å². The fourth-order valence-corrected chi connectivity index (χ4v) is 0.944. The van der Waals surface area contributed by atoms with Gasteiger partial charge in [-0.1, -0.05) is 0 Å². The summed E-state index contributed by atoms with van der Waals surface area (Å²) in [5.74, 6) is -1.04. The zero-order chi connectivity index (χ0) is 9.40. The third kappa shape index (κ3) is 6.26. The van der Waals surface area contributed by atoms with Crippen molar-refractivity contribution in [3.63, 3.8) is 0 Å². The monoisotopic (exact) mass is 208 g/mol. The highest BCUT2D eigenvalue weighted by atomic mass is 31.1. The Labute approximate surface area is 74.4 Å². The summed E-state index contributed by atoms with van der Waals surface area (Å²) in [6.45, 7) is 3.44. The second-order valence-electron chi connectivity index (χ2n) is 1.58. The third-order valence-electron chi connectivity index (χ3n) is 0.761. The third-order valence-corrected chi connectivity index (χ3v) is 1.57. The Kier molecular flexibility index (Phi) is 6.93. The van der Waals surface area contributed by atoms with Crippen molar-refractivity contribution in [2.75, 3.05) is 13.3 Å². The SMILES string of the molecule is CPOC(=O)/C=C/C(=O)OPC. The molecule has 0 radical (unpaired) electrons. The molecular weight excluding hydrogens is 198 g/mol. The summed E-state index contributed by atoms with van der Waals surface area (Å²) in [6.07, 6.45) is 2.11. The van der Waals surface area contributed by atoms with E-state index in [-0.39, 0.29) is 17.6 Å². The van der Waals surface area contributed by atoms with Gasteiger partial charge >= 0.3 is 11.9 Å². The second-order valence-corrected chi connectivity index (χ2v) is 2.81. The van der Waals surface area contributed by atoms with Crippen LogP contribution in [0.4, 0.5) is 0 Å². The topological polar surface area (TPSA) is 52.6 Å². The first-order valence-corrected chi connectivity index (χ1v) is 5.95. The summed E-state index contributed by atoms with van der Waals surface area (Å²) in [5, 5.41) is 0. The molecule has 12 heavy (non-hydrogen) atoms.